The Morgan fingerprint density at radius 3 is 2.48 bits per heavy atom. The minimum atomic E-state index is -0.522. The van der Waals surface area contributed by atoms with E-state index < -0.39 is 17.6 Å². The fourth-order valence-corrected chi connectivity index (χ4v) is 2.82. The number of carbonyl (C=O) groups excluding carboxylic acids is 2. The number of hydrogen-bond donors (Lipinski definition) is 2. The van der Waals surface area contributed by atoms with Gasteiger partial charge in [0, 0.05) is 12.2 Å². The van der Waals surface area contributed by atoms with Gasteiger partial charge < -0.3 is 15.4 Å². The average Bonchev–Trinajstić information content (AvgIpc) is 3.18. The Morgan fingerprint density at radius 1 is 1.07 bits per heavy atom. The molecule has 1 heterocycles. The maximum atomic E-state index is 12.9. The van der Waals surface area contributed by atoms with E-state index in [4.69, 9.17) is 4.74 Å². The summed E-state index contributed by atoms with van der Waals surface area (Å²) in [5, 5.41) is 12.9. The van der Waals surface area contributed by atoms with Gasteiger partial charge in [0.25, 0.3) is 11.8 Å². The minimum Gasteiger partial charge on any atom is -0.497 e. The Kier molecular flexibility index (Phi) is 5.72. The number of rotatable bonds is 6. The van der Waals surface area contributed by atoms with Gasteiger partial charge in [-0.1, -0.05) is 23.5 Å². The first-order valence-electron chi connectivity index (χ1n) is 7.86. The van der Waals surface area contributed by atoms with Crippen LogP contribution < -0.4 is 15.4 Å². The fourth-order valence-electron chi connectivity index (χ4n) is 2.16. The van der Waals surface area contributed by atoms with E-state index in [1.807, 2.05) is 24.3 Å². The number of hydrogen-bond acceptors (Lipinski definition) is 6. The van der Waals surface area contributed by atoms with Crippen LogP contribution in [-0.4, -0.2) is 29.1 Å². The Morgan fingerprint density at radius 2 is 1.78 bits per heavy atom. The first kappa shape index (κ1) is 18.5. The monoisotopic (exact) mass is 386 g/mol. The zero-order chi connectivity index (χ0) is 19.2. The Bertz CT molecular complexity index is 959. The van der Waals surface area contributed by atoms with Crippen LogP contribution in [0.3, 0.4) is 0 Å². The van der Waals surface area contributed by atoms with Gasteiger partial charge in [0.15, 0.2) is 0 Å². The van der Waals surface area contributed by atoms with Crippen molar-refractivity contribution in [1.29, 1.82) is 0 Å². The third kappa shape index (κ3) is 4.85. The summed E-state index contributed by atoms with van der Waals surface area (Å²) >= 11 is 0.869. The number of halogens is 1. The highest BCUT2D eigenvalue weighted by molar-refractivity contribution is 7.15. The SMILES string of the molecule is COc1cccc(CNC(=O)c2nnc(C(=O)Nc3ccc(F)cc3)s2)c1. The van der Waals surface area contributed by atoms with Crippen molar-refractivity contribution in [3.63, 3.8) is 0 Å². The van der Waals surface area contributed by atoms with E-state index in [-0.39, 0.29) is 16.6 Å². The van der Waals surface area contributed by atoms with Crippen molar-refractivity contribution in [2.75, 3.05) is 12.4 Å². The molecule has 1 aromatic heterocycles. The number of nitrogens with zero attached hydrogens (tertiary/aromatic N) is 2. The van der Waals surface area contributed by atoms with E-state index >= 15 is 0 Å². The summed E-state index contributed by atoms with van der Waals surface area (Å²) in [7, 11) is 1.57. The molecule has 0 atom stereocenters. The lowest BCUT2D eigenvalue weighted by Crippen LogP contribution is -2.22. The van der Waals surface area contributed by atoms with Crippen LogP contribution in [0.2, 0.25) is 0 Å². The molecule has 7 nitrogen and oxygen atoms in total. The van der Waals surface area contributed by atoms with Crippen LogP contribution in [0.4, 0.5) is 10.1 Å². The molecule has 0 aliphatic rings. The van der Waals surface area contributed by atoms with Crippen molar-refractivity contribution >= 4 is 28.8 Å². The van der Waals surface area contributed by atoms with E-state index in [9.17, 15) is 14.0 Å². The van der Waals surface area contributed by atoms with Gasteiger partial charge in [-0.25, -0.2) is 4.39 Å². The summed E-state index contributed by atoms with van der Waals surface area (Å²) in [5.74, 6) is -0.668. The van der Waals surface area contributed by atoms with Crippen LogP contribution >= 0.6 is 11.3 Å². The predicted molar refractivity (Wildman–Crippen MR) is 98.4 cm³/mol. The number of methoxy groups -OCH3 is 1. The number of anilines is 1. The number of ether oxygens (including phenoxy) is 1. The van der Waals surface area contributed by atoms with Gasteiger partial charge in [0.05, 0.1) is 7.11 Å². The Balaban J connectivity index is 1.59. The molecule has 2 aromatic carbocycles. The molecule has 2 N–H and O–H groups in total. The zero-order valence-corrected chi connectivity index (χ0v) is 15.0. The number of benzene rings is 2. The maximum absolute atomic E-state index is 12.9. The third-order valence-corrected chi connectivity index (χ3v) is 4.42. The molecule has 27 heavy (non-hydrogen) atoms. The van der Waals surface area contributed by atoms with Gasteiger partial charge in [-0.05, 0) is 42.0 Å². The first-order valence-corrected chi connectivity index (χ1v) is 8.68. The molecule has 3 aromatic rings. The molecule has 0 saturated heterocycles. The van der Waals surface area contributed by atoms with Crippen LogP contribution in [-0.2, 0) is 6.54 Å². The number of carbonyl (C=O) groups is 2. The first-order chi connectivity index (χ1) is 13.0. The largest absolute Gasteiger partial charge is 0.497 e. The molecule has 0 aliphatic carbocycles. The van der Waals surface area contributed by atoms with Crippen molar-refractivity contribution < 1.29 is 18.7 Å². The van der Waals surface area contributed by atoms with Crippen LogP contribution in [0, 0.1) is 5.82 Å². The molecule has 138 valence electrons. The van der Waals surface area contributed by atoms with Crippen molar-refractivity contribution in [1.82, 2.24) is 15.5 Å². The molecule has 0 bridgehead atoms. The second-order valence-electron chi connectivity index (χ2n) is 5.41. The van der Waals surface area contributed by atoms with Crippen LogP contribution in [0.5, 0.6) is 5.75 Å². The van der Waals surface area contributed by atoms with Crippen molar-refractivity contribution in [3.8, 4) is 5.75 Å². The van der Waals surface area contributed by atoms with Crippen LogP contribution in [0.15, 0.2) is 48.5 Å². The zero-order valence-electron chi connectivity index (χ0n) is 14.2. The van der Waals surface area contributed by atoms with Crippen molar-refractivity contribution in [2.24, 2.45) is 0 Å². The normalized spacial score (nSPS) is 10.3. The van der Waals surface area contributed by atoms with Crippen LogP contribution in [0.25, 0.3) is 0 Å². The van der Waals surface area contributed by atoms with Gasteiger partial charge >= 0.3 is 0 Å². The van der Waals surface area contributed by atoms with Gasteiger partial charge in [-0.15, -0.1) is 10.2 Å². The molecule has 3 rings (SSSR count). The summed E-state index contributed by atoms with van der Waals surface area (Å²) in [6, 6.07) is 12.6. The molecule has 0 spiro atoms. The number of nitrogens with one attached hydrogen (secondary N) is 2. The molecule has 2 amide bonds. The van der Waals surface area contributed by atoms with Crippen molar-refractivity contribution in [2.45, 2.75) is 6.54 Å². The summed E-state index contributed by atoms with van der Waals surface area (Å²) < 4.78 is 18.0. The highest BCUT2D eigenvalue weighted by Gasteiger charge is 2.17. The molecule has 0 unspecified atom stereocenters. The second-order valence-corrected chi connectivity index (χ2v) is 6.39. The van der Waals surface area contributed by atoms with Gasteiger partial charge in [0.2, 0.25) is 10.0 Å². The van der Waals surface area contributed by atoms with Crippen LogP contribution in [0.1, 0.15) is 25.2 Å². The van der Waals surface area contributed by atoms with Gasteiger partial charge in [-0.3, -0.25) is 9.59 Å². The van der Waals surface area contributed by atoms with E-state index in [1.54, 1.807) is 7.11 Å². The molecule has 0 aliphatic heterocycles. The van der Waals surface area contributed by atoms with E-state index in [0.29, 0.717) is 11.4 Å². The third-order valence-electron chi connectivity index (χ3n) is 3.50. The summed E-state index contributed by atoms with van der Waals surface area (Å²) in [6.45, 7) is 0.284. The summed E-state index contributed by atoms with van der Waals surface area (Å²) in [6.07, 6.45) is 0. The lowest BCUT2D eigenvalue weighted by molar-refractivity contribution is 0.0948. The molecular weight excluding hydrogens is 371 g/mol. The van der Waals surface area contributed by atoms with Crippen molar-refractivity contribution in [3.05, 3.63) is 69.9 Å². The molecular formula is C18H15FN4O3S. The molecule has 9 heteroatoms. The quantitative estimate of drug-likeness (QED) is 0.680. The Hall–Kier alpha value is -3.33. The molecule has 0 saturated carbocycles. The summed E-state index contributed by atoms with van der Waals surface area (Å²) in [5.41, 5.74) is 1.28. The molecule has 0 fully saturated rings. The van der Waals surface area contributed by atoms with E-state index in [2.05, 4.69) is 20.8 Å². The number of amides is 2. The fraction of sp³-hybridized carbons (Fsp3) is 0.111. The number of aromatic nitrogens is 2. The average molecular weight is 386 g/mol. The highest BCUT2D eigenvalue weighted by Crippen LogP contribution is 2.15. The minimum absolute atomic E-state index is 0.0332. The predicted octanol–water partition coefficient (Wildman–Crippen LogP) is 2.87. The highest BCUT2D eigenvalue weighted by atomic mass is 32.1. The lowest BCUT2D eigenvalue weighted by Gasteiger charge is -2.05. The molecule has 0 radical (unpaired) electrons. The smallest absolute Gasteiger partial charge is 0.286 e. The topological polar surface area (TPSA) is 93.2 Å². The van der Waals surface area contributed by atoms with E-state index in [0.717, 1.165) is 16.9 Å². The van der Waals surface area contributed by atoms with Gasteiger partial charge in [0.1, 0.15) is 11.6 Å². The van der Waals surface area contributed by atoms with E-state index in [1.165, 1.54) is 24.3 Å². The Labute approximate surface area is 158 Å². The standard InChI is InChI=1S/C18H15FN4O3S/c1-26-14-4-2-3-11(9-14)10-20-15(24)17-22-23-18(27-17)16(25)21-13-7-5-12(19)6-8-13/h2-9H,10H2,1H3,(H,20,24)(H,21,25). The second kappa shape index (κ2) is 8.37. The van der Waals surface area contributed by atoms with Gasteiger partial charge in [-0.2, -0.15) is 0 Å². The lowest BCUT2D eigenvalue weighted by atomic mass is 10.2. The maximum Gasteiger partial charge on any atom is 0.286 e. The summed E-state index contributed by atoms with van der Waals surface area (Å²) in [4.78, 5) is 24.3.